The lowest BCUT2D eigenvalue weighted by Gasteiger charge is -2.34. The SMILES string of the molecule is CCN1CCN(c2cc(CN[C@@H](C)C[C@H]3CCCO3)ccn2)CC1. The Hall–Kier alpha value is -1.17. The van der Waals surface area contributed by atoms with Gasteiger partial charge in [0.25, 0.3) is 0 Å². The molecule has 0 radical (unpaired) electrons. The molecule has 1 aromatic rings. The van der Waals surface area contributed by atoms with Crippen LogP contribution >= 0.6 is 0 Å². The van der Waals surface area contributed by atoms with Crippen molar-refractivity contribution < 1.29 is 4.74 Å². The normalized spacial score (nSPS) is 23.6. The van der Waals surface area contributed by atoms with Crippen LogP contribution in [0.5, 0.6) is 0 Å². The van der Waals surface area contributed by atoms with Gasteiger partial charge in [0.1, 0.15) is 5.82 Å². The van der Waals surface area contributed by atoms with Gasteiger partial charge in [0.2, 0.25) is 0 Å². The van der Waals surface area contributed by atoms with Gasteiger partial charge in [-0.2, -0.15) is 0 Å². The number of pyridine rings is 1. The van der Waals surface area contributed by atoms with Crippen molar-refractivity contribution >= 4 is 5.82 Å². The molecule has 3 heterocycles. The molecule has 134 valence electrons. The molecule has 0 spiro atoms. The summed E-state index contributed by atoms with van der Waals surface area (Å²) >= 11 is 0. The Morgan fingerprint density at radius 2 is 2.17 bits per heavy atom. The Morgan fingerprint density at radius 3 is 2.88 bits per heavy atom. The summed E-state index contributed by atoms with van der Waals surface area (Å²) in [5.41, 5.74) is 1.32. The van der Waals surface area contributed by atoms with Gasteiger partial charge in [0.05, 0.1) is 6.10 Å². The van der Waals surface area contributed by atoms with E-state index < -0.39 is 0 Å². The molecule has 0 aromatic carbocycles. The lowest BCUT2D eigenvalue weighted by molar-refractivity contribution is 0.0961. The first-order chi connectivity index (χ1) is 11.7. The van der Waals surface area contributed by atoms with Crippen LogP contribution in [0.3, 0.4) is 0 Å². The Morgan fingerprint density at radius 1 is 1.33 bits per heavy atom. The quantitative estimate of drug-likeness (QED) is 0.829. The summed E-state index contributed by atoms with van der Waals surface area (Å²) in [6.45, 7) is 11.9. The van der Waals surface area contributed by atoms with E-state index in [2.05, 4.69) is 46.1 Å². The van der Waals surface area contributed by atoms with Gasteiger partial charge in [-0.3, -0.25) is 0 Å². The molecule has 0 saturated carbocycles. The molecule has 0 amide bonds. The Bertz CT molecular complexity index is 496. The smallest absolute Gasteiger partial charge is 0.128 e. The number of hydrogen-bond acceptors (Lipinski definition) is 5. The maximum atomic E-state index is 5.73. The zero-order chi connectivity index (χ0) is 16.8. The lowest BCUT2D eigenvalue weighted by Crippen LogP contribution is -2.46. The molecule has 2 saturated heterocycles. The van der Waals surface area contributed by atoms with Crippen LogP contribution in [0, 0.1) is 0 Å². The average molecular weight is 332 g/mol. The van der Waals surface area contributed by atoms with Crippen molar-refractivity contribution in [1.29, 1.82) is 0 Å². The van der Waals surface area contributed by atoms with Gasteiger partial charge >= 0.3 is 0 Å². The van der Waals surface area contributed by atoms with Crippen molar-refractivity contribution in [3.63, 3.8) is 0 Å². The van der Waals surface area contributed by atoms with Crippen LogP contribution in [0.25, 0.3) is 0 Å². The number of anilines is 1. The molecule has 2 atom stereocenters. The van der Waals surface area contributed by atoms with Gasteiger partial charge in [0, 0.05) is 51.6 Å². The lowest BCUT2D eigenvalue weighted by atomic mass is 10.1. The van der Waals surface area contributed by atoms with E-state index in [1.165, 1.54) is 18.4 Å². The van der Waals surface area contributed by atoms with Crippen molar-refractivity contribution in [1.82, 2.24) is 15.2 Å². The molecule has 2 fully saturated rings. The zero-order valence-corrected chi connectivity index (χ0v) is 15.2. The molecule has 0 bridgehead atoms. The molecule has 0 unspecified atom stereocenters. The molecule has 24 heavy (non-hydrogen) atoms. The highest BCUT2D eigenvalue weighted by atomic mass is 16.5. The monoisotopic (exact) mass is 332 g/mol. The van der Waals surface area contributed by atoms with Crippen LogP contribution in [-0.2, 0) is 11.3 Å². The molecular formula is C19H32N4O. The second-order valence-electron chi connectivity index (χ2n) is 7.10. The molecular weight excluding hydrogens is 300 g/mol. The maximum Gasteiger partial charge on any atom is 0.128 e. The maximum absolute atomic E-state index is 5.73. The van der Waals surface area contributed by atoms with Crippen molar-refractivity contribution in [2.24, 2.45) is 0 Å². The fraction of sp³-hybridized carbons (Fsp3) is 0.737. The molecule has 5 heteroatoms. The third kappa shape index (κ3) is 4.91. The first-order valence-electron chi connectivity index (χ1n) is 9.52. The largest absolute Gasteiger partial charge is 0.378 e. The zero-order valence-electron chi connectivity index (χ0n) is 15.2. The number of nitrogens with zero attached hydrogens (tertiary/aromatic N) is 3. The minimum Gasteiger partial charge on any atom is -0.378 e. The fourth-order valence-electron chi connectivity index (χ4n) is 3.64. The van der Waals surface area contributed by atoms with Gasteiger partial charge in [-0.1, -0.05) is 6.92 Å². The van der Waals surface area contributed by atoms with Gasteiger partial charge in [0.15, 0.2) is 0 Å². The van der Waals surface area contributed by atoms with Crippen LogP contribution in [-0.4, -0.2) is 61.4 Å². The fourth-order valence-corrected chi connectivity index (χ4v) is 3.64. The number of likely N-dealkylation sites (N-methyl/N-ethyl adjacent to an activating group) is 1. The highest BCUT2D eigenvalue weighted by Crippen LogP contribution is 2.18. The van der Waals surface area contributed by atoms with E-state index in [0.717, 1.165) is 58.1 Å². The van der Waals surface area contributed by atoms with E-state index in [-0.39, 0.29) is 0 Å². The van der Waals surface area contributed by atoms with E-state index in [9.17, 15) is 0 Å². The second kappa shape index (κ2) is 8.79. The molecule has 5 nitrogen and oxygen atoms in total. The van der Waals surface area contributed by atoms with Gasteiger partial charge in [-0.25, -0.2) is 4.98 Å². The molecule has 2 aliphatic rings. The summed E-state index contributed by atoms with van der Waals surface area (Å²) in [4.78, 5) is 9.49. The molecule has 1 aromatic heterocycles. The first kappa shape index (κ1) is 17.6. The predicted octanol–water partition coefficient (Wildman–Crippen LogP) is 2.27. The number of ether oxygens (including phenoxy) is 1. The minimum atomic E-state index is 0.454. The van der Waals surface area contributed by atoms with Gasteiger partial charge in [-0.05, 0) is 50.4 Å². The third-order valence-corrected chi connectivity index (χ3v) is 5.25. The number of nitrogens with one attached hydrogen (secondary N) is 1. The highest BCUT2D eigenvalue weighted by Gasteiger charge is 2.19. The van der Waals surface area contributed by atoms with Crippen LogP contribution < -0.4 is 10.2 Å². The van der Waals surface area contributed by atoms with Crippen molar-refractivity contribution in [2.75, 3.05) is 44.2 Å². The van der Waals surface area contributed by atoms with Crippen LogP contribution in [0.1, 0.15) is 38.7 Å². The van der Waals surface area contributed by atoms with Crippen molar-refractivity contribution in [3.05, 3.63) is 23.9 Å². The van der Waals surface area contributed by atoms with E-state index >= 15 is 0 Å². The van der Waals surface area contributed by atoms with Gasteiger partial charge < -0.3 is 19.9 Å². The number of aromatic nitrogens is 1. The summed E-state index contributed by atoms with van der Waals surface area (Å²) in [5.74, 6) is 1.12. The average Bonchev–Trinajstić information content (AvgIpc) is 3.13. The second-order valence-corrected chi connectivity index (χ2v) is 7.10. The van der Waals surface area contributed by atoms with Crippen LogP contribution in [0.2, 0.25) is 0 Å². The number of rotatable bonds is 7. The predicted molar refractivity (Wildman–Crippen MR) is 98.5 cm³/mol. The number of hydrogen-bond donors (Lipinski definition) is 1. The topological polar surface area (TPSA) is 40.6 Å². The summed E-state index contributed by atoms with van der Waals surface area (Å²) in [7, 11) is 0. The van der Waals surface area contributed by atoms with Crippen LogP contribution in [0.4, 0.5) is 5.82 Å². The first-order valence-corrected chi connectivity index (χ1v) is 9.52. The van der Waals surface area contributed by atoms with Crippen molar-refractivity contribution in [3.8, 4) is 0 Å². The summed E-state index contributed by atoms with van der Waals surface area (Å²) in [5, 5.41) is 3.64. The van der Waals surface area contributed by atoms with E-state index in [1.54, 1.807) is 0 Å². The Balaban J connectivity index is 1.48. The molecule has 1 N–H and O–H groups in total. The number of piperazine rings is 1. The molecule has 3 rings (SSSR count). The highest BCUT2D eigenvalue weighted by molar-refractivity contribution is 5.41. The van der Waals surface area contributed by atoms with Gasteiger partial charge in [-0.15, -0.1) is 0 Å². The Kier molecular flexibility index (Phi) is 6.46. The van der Waals surface area contributed by atoms with E-state index in [4.69, 9.17) is 4.74 Å². The molecule has 2 aliphatic heterocycles. The van der Waals surface area contributed by atoms with E-state index in [1.807, 2.05) is 6.20 Å². The summed E-state index contributed by atoms with van der Waals surface area (Å²) in [6, 6.07) is 4.85. The van der Waals surface area contributed by atoms with Crippen molar-refractivity contribution in [2.45, 2.75) is 51.8 Å². The van der Waals surface area contributed by atoms with Crippen LogP contribution in [0.15, 0.2) is 18.3 Å². The standard InChI is InChI=1S/C19H32N4O/c1-3-22-8-10-23(11-9-22)19-14-17(6-7-20-19)15-21-16(2)13-18-5-4-12-24-18/h6-7,14,16,18,21H,3-5,8-13,15H2,1-2H3/t16-,18+/m0/s1. The van der Waals surface area contributed by atoms with E-state index in [0.29, 0.717) is 12.1 Å². The third-order valence-electron chi connectivity index (χ3n) is 5.25. The summed E-state index contributed by atoms with van der Waals surface area (Å²) in [6.07, 6.45) is 5.95. The molecule has 0 aliphatic carbocycles. The Labute approximate surface area is 146 Å². The summed E-state index contributed by atoms with van der Waals surface area (Å²) < 4.78 is 5.73. The minimum absolute atomic E-state index is 0.454.